The molecule has 8 nitrogen and oxygen atoms in total. The summed E-state index contributed by atoms with van der Waals surface area (Å²) in [5.74, 6) is -0.223. The summed E-state index contributed by atoms with van der Waals surface area (Å²) in [5, 5.41) is 23.9. The number of nitro benzene ring substituents is 1. The first-order valence-electron chi connectivity index (χ1n) is 7.60. The Morgan fingerprint density at radius 1 is 1.19 bits per heavy atom. The maximum atomic E-state index is 11.2. The highest BCUT2D eigenvalue weighted by atomic mass is 35.5. The molecule has 0 radical (unpaired) electrons. The van der Waals surface area contributed by atoms with Crippen molar-refractivity contribution in [2.75, 3.05) is 5.43 Å². The van der Waals surface area contributed by atoms with Crippen LogP contribution >= 0.6 is 11.6 Å². The van der Waals surface area contributed by atoms with Gasteiger partial charge in [0.1, 0.15) is 11.5 Å². The highest BCUT2D eigenvalue weighted by molar-refractivity contribution is 6.33. The standard InChI is InChI=1S/C18H12ClN3O5/c19-16-7-1-11(9-15(16)18(23)24)17-8-6-14(27-17)10-20-21-12-2-4-13(5-3-12)22(25)26/h1-10,21H,(H,23,24)/b20-10+. The first-order chi connectivity index (χ1) is 12.9. The third-order valence-corrected chi connectivity index (χ3v) is 3.90. The number of benzene rings is 2. The zero-order valence-electron chi connectivity index (χ0n) is 13.6. The van der Waals surface area contributed by atoms with E-state index in [1.807, 2.05) is 0 Å². The molecule has 0 spiro atoms. The molecule has 0 saturated carbocycles. The second-order valence-corrected chi connectivity index (χ2v) is 5.78. The van der Waals surface area contributed by atoms with E-state index in [1.165, 1.54) is 42.6 Å². The maximum absolute atomic E-state index is 11.2. The summed E-state index contributed by atoms with van der Waals surface area (Å²) in [7, 11) is 0. The minimum atomic E-state index is -1.12. The van der Waals surface area contributed by atoms with Gasteiger partial charge in [0.2, 0.25) is 0 Å². The largest absolute Gasteiger partial charge is 0.478 e. The summed E-state index contributed by atoms with van der Waals surface area (Å²) < 4.78 is 5.62. The van der Waals surface area contributed by atoms with E-state index in [0.29, 0.717) is 22.8 Å². The van der Waals surface area contributed by atoms with Crippen LogP contribution in [0.1, 0.15) is 16.1 Å². The average molecular weight is 386 g/mol. The molecule has 0 bridgehead atoms. The number of carboxylic acid groups (broad SMARTS) is 1. The van der Waals surface area contributed by atoms with Gasteiger partial charge in [-0.25, -0.2) is 4.79 Å². The fourth-order valence-corrected chi connectivity index (χ4v) is 2.45. The summed E-state index contributed by atoms with van der Waals surface area (Å²) in [6.07, 6.45) is 1.43. The van der Waals surface area contributed by atoms with Gasteiger partial charge in [0.15, 0.2) is 0 Å². The van der Waals surface area contributed by atoms with Crippen molar-refractivity contribution in [3.05, 3.63) is 81.1 Å². The van der Waals surface area contributed by atoms with Crippen LogP contribution in [0.5, 0.6) is 0 Å². The molecule has 2 aromatic carbocycles. The SMILES string of the molecule is O=C(O)c1cc(-c2ccc(/C=N/Nc3ccc([N+](=O)[O-])cc3)o2)ccc1Cl. The van der Waals surface area contributed by atoms with Crippen LogP contribution in [0.2, 0.25) is 5.02 Å². The fourth-order valence-electron chi connectivity index (χ4n) is 2.25. The molecule has 136 valence electrons. The number of nitrogens with zero attached hydrogens (tertiary/aromatic N) is 2. The molecule has 1 heterocycles. The Balaban J connectivity index is 1.70. The lowest BCUT2D eigenvalue weighted by Crippen LogP contribution is -1.97. The van der Waals surface area contributed by atoms with Crippen LogP contribution in [-0.4, -0.2) is 22.2 Å². The molecule has 0 aliphatic rings. The van der Waals surface area contributed by atoms with Crippen molar-refractivity contribution in [2.24, 2.45) is 5.10 Å². The Hall–Kier alpha value is -3.65. The van der Waals surface area contributed by atoms with Crippen molar-refractivity contribution in [1.82, 2.24) is 0 Å². The Bertz CT molecular complexity index is 1030. The molecular weight excluding hydrogens is 374 g/mol. The number of carboxylic acids is 1. The molecule has 0 aliphatic heterocycles. The number of aromatic carboxylic acids is 1. The van der Waals surface area contributed by atoms with Crippen molar-refractivity contribution in [3.63, 3.8) is 0 Å². The maximum Gasteiger partial charge on any atom is 0.337 e. The molecular formula is C18H12ClN3O5. The van der Waals surface area contributed by atoms with E-state index in [1.54, 1.807) is 18.2 Å². The minimum Gasteiger partial charge on any atom is -0.478 e. The lowest BCUT2D eigenvalue weighted by Gasteiger charge is -2.02. The Labute approximate surface area is 157 Å². The summed E-state index contributed by atoms with van der Waals surface area (Å²) in [5.41, 5.74) is 3.85. The van der Waals surface area contributed by atoms with Gasteiger partial charge in [0, 0.05) is 17.7 Å². The molecule has 3 aromatic rings. The van der Waals surface area contributed by atoms with Crippen LogP contribution in [0, 0.1) is 10.1 Å². The first kappa shape index (κ1) is 18.2. The van der Waals surface area contributed by atoms with Crippen LogP contribution in [0.3, 0.4) is 0 Å². The number of halogens is 1. The topological polar surface area (TPSA) is 118 Å². The molecule has 0 atom stereocenters. The highest BCUT2D eigenvalue weighted by Crippen LogP contribution is 2.26. The minimum absolute atomic E-state index is 0.0103. The molecule has 2 N–H and O–H groups in total. The van der Waals surface area contributed by atoms with E-state index >= 15 is 0 Å². The molecule has 3 rings (SSSR count). The van der Waals surface area contributed by atoms with E-state index in [2.05, 4.69) is 10.5 Å². The van der Waals surface area contributed by atoms with E-state index in [9.17, 15) is 14.9 Å². The normalized spacial score (nSPS) is 10.9. The van der Waals surface area contributed by atoms with Gasteiger partial charge in [-0.15, -0.1) is 0 Å². The lowest BCUT2D eigenvalue weighted by molar-refractivity contribution is -0.384. The molecule has 1 aromatic heterocycles. The summed E-state index contributed by atoms with van der Waals surface area (Å²) in [6.45, 7) is 0. The zero-order chi connectivity index (χ0) is 19.4. The van der Waals surface area contributed by atoms with Crippen molar-refractivity contribution in [2.45, 2.75) is 0 Å². The van der Waals surface area contributed by atoms with E-state index in [0.717, 1.165) is 0 Å². The Morgan fingerprint density at radius 3 is 2.59 bits per heavy atom. The summed E-state index contributed by atoms with van der Waals surface area (Å²) >= 11 is 5.86. The molecule has 0 saturated heterocycles. The molecule has 0 aliphatic carbocycles. The quantitative estimate of drug-likeness (QED) is 0.362. The van der Waals surface area contributed by atoms with Crippen molar-refractivity contribution in [3.8, 4) is 11.3 Å². The number of rotatable bonds is 6. The van der Waals surface area contributed by atoms with Gasteiger partial charge in [0.05, 0.1) is 27.4 Å². The van der Waals surface area contributed by atoms with Gasteiger partial charge in [-0.1, -0.05) is 11.6 Å². The number of non-ortho nitro benzene ring substituents is 1. The van der Waals surface area contributed by atoms with Gasteiger partial charge >= 0.3 is 5.97 Å². The number of anilines is 1. The van der Waals surface area contributed by atoms with Gasteiger partial charge in [0.25, 0.3) is 5.69 Å². The van der Waals surface area contributed by atoms with Gasteiger partial charge in [-0.05, 0) is 42.5 Å². The smallest absolute Gasteiger partial charge is 0.337 e. The predicted octanol–water partition coefficient (Wildman–Crippen LogP) is 4.65. The summed E-state index contributed by atoms with van der Waals surface area (Å²) in [6, 6.07) is 13.7. The molecule has 0 amide bonds. The van der Waals surface area contributed by atoms with Crippen molar-refractivity contribution in [1.29, 1.82) is 0 Å². The number of nitro groups is 1. The second-order valence-electron chi connectivity index (χ2n) is 5.38. The average Bonchev–Trinajstić information content (AvgIpc) is 3.11. The van der Waals surface area contributed by atoms with Gasteiger partial charge < -0.3 is 9.52 Å². The number of carbonyl (C=O) groups is 1. The third kappa shape index (κ3) is 4.31. The number of nitrogens with one attached hydrogen (secondary N) is 1. The highest BCUT2D eigenvalue weighted by Gasteiger charge is 2.12. The third-order valence-electron chi connectivity index (χ3n) is 3.57. The van der Waals surface area contributed by atoms with Crippen LogP contribution in [0.25, 0.3) is 11.3 Å². The second kappa shape index (κ2) is 7.71. The molecule has 0 fully saturated rings. The van der Waals surface area contributed by atoms with Gasteiger partial charge in [-0.3, -0.25) is 15.5 Å². The number of furan rings is 1. The lowest BCUT2D eigenvalue weighted by atomic mass is 10.1. The molecule has 9 heteroatoms. The van der Waals surface area contributed by atoms with Crippen LogP contribution in [0.15, 0.2) is 64.1 Å². The first-order valence-corrected chi connectivity index (χ1v) is 7.98. The zero-order valence-corrected chi connectivity index (χ0v) is 14.4. The number of hydrazone groups is 1. The van der Waals surface area contributed by atoms with Crippen LogP contribution < -0.4 is 5.43 Å². The van der Waals surface area contributed by atoms with E-state index in [-0.39, 0.29) is 16.3 Å². The number of hydrogen-bond acceptors (Lipinski definition) is 6. The summed E-state index contributed by atoms with van der Waals surface area (Å²) in [4.78, 5) is 21.3. The monoisotopic (exact) mass is 385 g/mol. The van der Waals surface area contributed by atoms with E-state index in [4.69, 9.17) is 21.1 Å². The number of hydrogen-bond donors (Lipinski definition) is 2. The van der Waals surface area contributed by atoms with Crippen molar-refractivity contribution < 1.29 is 19.2 Å². The van der Waals surface area contributed by atoms with Crippen LogP contribution in [0.4, 0.5) is 11.4 Å². The Kier molecular flexibility index (Phi) is 5.18. The molecule has 0 unspecified atom stereocenters. The molecule has 27 heavy (non-hydrogen) atoms. The predicted molar refractivity (Wildman–Crippen MR) is 100 cm³/mol. The van der Waals surface area contributed by atoms with Crippen molar-refractivity contribution >= 4 is 35.2 Å². The van der Waals surface area contributed by atoms with Crippen LogP contribution in [-0.2, 0) is 0 Å². The van der Waals surface area contributed by atoms with E-state index < -0.39 is 10.9 Å². The van der Waals surface area contributed by atoms with Gasteiger partial charge in [-0.2, -0.15) is 5.10 Å². The fraction of sp³-hybridized carbons (Fsp3) is 0. The Morgan fingerprint density at radius 2 is 1.93 bits per heavy atom.